The molecule has 1 atom stereocenters. The number of nitrogens with one attached hydrogen (secondary N) is 1. The van der Waals surface area contributed by atoms with E-state index in [9.17, 15) is 5.11 Å². The molecule has 1 unspecified atom stereocenters. The second-order valence-corrected chi connectivity index (χ2v) is 5.63. The molecule has 2 rings (SSSR count). The van der Waals surface area contributed by atoms with Gasteiger partial charge in [-0.1, -0.05) is 0 Å². The minimum atomic E-state index is 0.160. The molecule has 0 aliphatic heterocycles. The summed E-state index contributed by atoms with van der Waals surface area (Å²) >= 11 is 1.67. The van der Waals surface area contributed by atoms with Crippen molar-refractivity contribution in [3.8, 4) is 22.1 Å². The Morgan fingerprint density at radius 1 is 1.45 bits per heavy atom. The Kier molecular flexibility index (Phi) is 4.62. The molecule has 5 heteroatoms. The quantitative estimate of drug-likeness (QED) is 0.885. The summed E-state index contributed by atoms with van der Waals surface area (Å²) in [6.45, 7) is 6.56. The van der Waals surface area contributed by atoms with Gasteiger partial charge in [-0.25, -0.2) is 4.98 Å². The number of hydrogen-bond donors (Lipinski definition) is 2. The van der Waals surface area contributed by atoms with Crippen LogP contribution >= 0.6 is 11.3 Å². The first-order valence-electron chi connectivity index (χ1n) is 6.67. The van der Waals surface area contributed by atoms with Gasteiger partial charge in [0.15, 0.2) is 11.5 Å². The molecule has 20 heavy (non-hydrogen) atoms. The maximum atomic E-state index is 9.75. The van der Waals surface area contributed by atoms with E-state index in [1.165, 1.54) is 4.88 Å². The van der Waals surface area contributed by atoms with Gasteiger partial charge in [0.25, 0.3) is 0 Å². The molecule has 0 saturated carbocycles. The third-order valence-electron chi connectivity index (χ3n) is 3.17. The van der Waals surface area contributed by atoms with Crippen LogP contribution in [-0.4, -0.2) is 23.7 Å². The molecule has 1 heterocycles. The summed E-state index contributed by atoms with van der Waals surface area (Å²) in [5.74, 6) is 0.661. The summed E-state index contributed by atoms with van der Waals surface area (Å²) in [4.78, 5) is 5.85. The van der Waals surface area contributed by atoms with Crippen LogP contribution in [0, 0.1) is 6.92 Å². The predicted octanol–water partition coefficient (Wildman–Crippen LogP) is 3.50. The van der Waals surface area contributed by atoms with Gasteiger partial charge in [-0.3, -0.25) is 0 Å². The lowest BCUT2D eigenvalue weighted by molar-refractivity contribution is 0.318. The Balaban J connectivity index is 2.39. The highest BCUT2D eigenvalue weighted by Crippen LogP contribution is 2.36. The smallest absolute Gasteiger partial charge is 0.161 e. The van der Waals surface area contributed by atoms with Crippen molar-refractivity contribution in [3.63, 3.8) is 0 Å². The molecular weight excluding hydrogens is 272 g/mol. The predicted molar refractivity (Wildman–Crippen MR) is 82.6 cm³/mol. The van der Waals surface area contributed by atoms with E-state index in [1.807, 2.05) is 33.0 Å². The van der Waals surface area contributed by atoms with E-state index >= 15 is 0 Å². The van der Waals surface area contributed by atoms with Gasteiger partial charge in [-0.05, 0) is 46.0 Å². The van der Waals surface area contributed by atoms with Gasteiger partial charge in [0, 0.05) is 16.5 Å². The van der Waals surface area contributed by atoms with Gasteiger partial charge in [-0.2, -0.15) is 0 Å². The average Bonchev–Trinajstić information content (AvgIpc) is 2.82. The number of hydrogen-bond acceptors (Lipinski definition) is 5. The lowest BCUT2D eigenvalue weighted by atomic mass is 10.2. The summed E-state index contributed by atoms with van der Waals surface area (Å²) < 4.78 is 5.42. The van der Waals surface area contributed by atoms with E-state index in [2.05, 4.69) is 17.2 Å². The van der Waals surface area contributed by atoms with Crippen molar-refractivity contribution in [3.05, 3.63) is 28.8 Å². The van der Waals surface area contributed by atoms with Crippen LogP contribution in [0.2, 0.25) is 0 Å². The molecule has 0 amide bonds. The van der Waals surface area contributed by atoms with Crippen LogP contribution in [0.4, 0.5) is 0 Å². The van der Waals surface area contributed by atoms with Crippen LogP contribution in [0.5, 0.6) is 11.5 Å². The molecule has 0 aliphatic rings. The molecule has 4 nitrogen and oxygen atoms in total. The van der Waals surface area contributed by atoms with Crippen LogP contribution < -0.4 is 10.1 Å². The Bertz CT molecular complexity index is 596. The molecule has 2 aromatic rings. The first-order chi connectivity index (χ1) is 9.56. The lowest BCUT2D eigenvalue weighted by Gasteiger charge is -2.07. The molecule has 0 saturated heterocycles. The zero-order chi connectivity index (χ0) is 14.7. The molecule has 1 aromatic carbocycles. The number of ether oxygens (including phenoxy) is 1. The molecule has 2 N–H and O–H groups in total. The second kappa shape index (κ2) is 6.24. The molecular formula is C15H20N2O2S. The van der Waals surface area contributed by atoms with Crippen molar-refractivity contribution in [2.45, 2.75) is 26.8 Å². The van der Waals surface area contributed by atoms with Gasteiger partial charge < -0.3 is 15.2 Å². The van der Waals surface area contributed by atoms with Crippen molar-refractivity contribution in [2.75, 3.05) is 13.7 Å². The van der Waals surface area contributed by atoms with Gasteiger partial charge in [0.1, 0.15) is 5.01 Å². The van der Waals surface area contributed by atoms with Crippen LogP contribution in [-0.2, 0) is 0 Å². The van der Waals surface area contributed by atoms with Gasteiger partial charge in [-0.15, -0.1) is 11.3 Å². The number of aryl methyl sites for hydroxylation is 1. The van der Waals surface area contributed by atoms with E-state index in [4.69, 9.17) is 4.74 Å². The Labute approximate surface area is 123 Å². The molecule has 0 radical (unpaired) electrons. The van der Waals surface area contributed by atoms with Crippen molar-refractivity contribution >= 4 is 11.3 Å². The maximum Gasteiger partial charge on any atom is 0.161 e. The molecule has 0 bridgehead atoms. The second-order valence-electron chi connectivity index (χ2n) is 4.59. The number of benzene rings is 1. The van der Waals surface area contributed by atoms with Crippen LogP contribution in [0.25, 0.3) is 10.6 Å². The average molecular weight is 292 g/mol. The summed E-state index contributed by atoms with van der Waals surface area (Å²) in [5.41, 5.74) is 2.01. The zero-order valence-electron chi connectivity index (χ0n) is 12.2. The summed E-state index contributed by atoms with van der Waals surface area (Å²) in [6, 6.07) is 5.64. The standard InChI is InChI=1S/C15H20N2O2S/c1-5-19-13-8-11(6-7-12(13)18)15-17-10(3)14(20-15)9(2)16-4/h6-9,16,18H,5H2,1-4H3. The fraction of sp³-hybridized carbons (Fsp3) is 0.400. The number of phenols is 1. The Morgan fingerprint density at radius 2 is 2.20 bits per heavy atom. The SMILES string of the molecule is CCOc1cc(-c2nc(C)c(C(C)NC)s2)ccc1O. The number of rotatable bonds is 5. The van der Waals surface area contributed by atoms with E-state index < -0.39 is 0 Å². The molecule has 0 spiro atoms. The summed E-state index contributed by atoms with van der Waals surface area (Å²) in [7, 11) is 1.94. The zero-order valence-corrected chi connectivity index (χ0v) is 13.0. The third kappa shape index (κ3) is 2.94. The molecule has 1 aromatic heterocycles. The first-order valence-corrected chi connectivity index (χ1v) is 7.49. The highest BCUT2D eigenvalue weighted by Gasteiger charge is 2.15. The number of thiazole rings is 1. The van der Waals surface area contributed by atoms with E-state index in [0.29, 0.717) is 12.4 Å². The Hall–Kier alpha value is -1.59. The first kappa shape index (κ1) is 14.8. The molecule has 0 fully saturated rings. The lowest BCUT2D eigenvalue weighted by Crippen LogP contribution is -2.11. The molecule has 108 valence electrons. The summed E-state index contributed by atoms with van der Waals surface area (Å²) in [5, 5.41) is 13.9. The maximum absolute atomic E-state index is 9.75. The fourth-order valence-electron chi connectivity index (χ4n) is 1.98. The van der Waals surface area contributed by atoms with E-state index in [-0.39, 0.29) is 11.8 Å². The number of phenolic OH excluding ortho intramolecular Hbond substituents is 1. The third-order valence-corrected chi connectivity index (χ3v) is 4.55. The topological polar surface area (TPSA) is 54.4 Å². The van der Waals surface area contributed by atoms with Crippen molar-refractivity contribution in [1.29, 1.82) is 0 Å². The number of aromatic nitrogens is 1. The van der Waals surface area contributed by atoms with Crippen LogP contribution in [0.1, 0.15) is 30.5 Å². The summed E-state index contributed by atoms with van der Waals surface area (Å²) in [6.07, 6.45) is 0. The van der Waals surface area contributed by atoms with Crippen LogP contribution in [0.15, 0.2) is 18.2 Å². The van der Waals surface area contributed by atoms with Crippen molar-refractivity contribution in [2.24, 2.45) is 0 Å². The van der Waals surface area contributed by atoms with Gasteiger partial charge >= 0.3 is 0 Å². The van der Waals surface area contributed by atoms with Gasteiger partial charge in [0.2, 0.25) is 0 Å². The van der Waals surface area contributed by atoms with Crippen molar-refractivity contribution < 1.29 is 9.84 Å². The minimum absolute atomic E-state index is 0.160. The normalized spacial score (nSPS) is 12.4. The monoisotopic (exact) mass is 292 g/mol. The highest BCUT2D eigenvalue weighted by atomic mass is 32.1. The fourth-order valence-corrected chi connectivity index (χ4v) is 3.11. The largest absolute Gasteiger partial charge is 0.504 e. The van der Waals surface area contributed by atoms with E-state index in [1.54, 1.807) is 17.4 Å². The van der Waals surface area contributed by atoms with Gasteiger partial charge in [0.05, 0.1) is 12.3 Å². The van der Waals surface area contributed by atoms with Crippen molar-refractivity contribution in [1.82, 2.24) is 10.3 Å². The van der Waals surface area contributed by atoms with E-state index in [0.717, 1.165) is 16.3 Å². The van der Waals surface area contributed by atoms with Crippen LogP contribution in [0.3, 0.4) is 0 Å². The number of aromatic hydroxyl groups is 1. The highest BCUT2D eigenvalue weighted by molar-refractivity contribution is 7.15. The number of nitrogens with zero attached hydrogens (tertiary/aromatic N) is 1. The minimum Gasteiger partial charge on any atom is -0.504 e. The molecule has 0 aliphatic carbocycles. The Morgan fingerprint density at radius 3 is 2.85 bits per heavy atom.